The summed E-state index contributed by atoms with van der Waals surface area (Å²) in [4.78, 5) is 12.4. The van der Waals surface area contributed by atoms with Crippen LogP contribution in [-0.2, 0) is 9.53 Å². The molecular weight excluding hydrogens is 336 g/mol. The summed E-state index contributed by atoms with van der Waals surface area (Å²) in [6, 6.07) is 0. The third-order valence-corrected chi connectivity index (χ3v) is 9.41. The number of fused-ring (bicyclic) bond motifs is 5. The van der Waals surface area contributed by atoms with Crippen molar-refractivity contribution in [2.75, 3.05) is 13.2 Å². The van der Waals surface area contributed by atoms with Crippen LogP contribution in [0, 0.1) is 40.9 Å². The fraction of sp³-hybridized carbons (Fsp3) is 0.958. The highest BCUT2D eigenvalue weighted by Crippen LogP contribution is 2.63. The van der Waals surface area contributed by atoms with Crippen LogP contribution in [0.3, 0.4) is 0 Å². The lowest BCUT2D eigenvalue weighted by Gasteiger charge is -2.60. The Balaban J connectivity index is 1.49. The van der Waals surface area contributed by atoms with Crippen molar-refractivity contribution >= 4 is 5.78 Å². The number of hydrogen-bond donors (Lipinski definition) is 1. The Morgan fingerprint density at radius 2 is 1.81 bits per heavy atom. The molecule has 0 aromatic heterocycles. The van der Waals surface area contributed by atoms with E-state index in [1.54, 1.807) is 0 Å². The molecular formula is C24H40O3. The summed E-state index contributed by atoms with van der Waals surface area (Å²) in [6.07, 6.45) is 11.9. The van der Waals surface area contributed by atoms with Gasteiger partial charge in [0, 0.05) is 12.5 Å². The quantitative estimate of drug-likeness (QED) is 0.751. The lowest BCUT2D eigenvalue weighted by Crippen LogP contribution is -2.55. The third-order valence-electron chi connectivity index (χ3n) is 9.41. The van der Waals surface area contributed by atoms with E-state index in [1.165, 1.54) is 44.9 Å². The van der Waals surface area contributed by atoms with Crippen molar-refractivity contribution in [2.45, 2.75) is 90.6 Å². The third kappa shape index (κ3) is 3.41. The Morgan fingerprint density at radius 3 is 2.56 bits per heavy atom. The van der Waals surface area contributed by atoms with Gasteiger partial charge in [-0.05, 0) is 107 Å². The van der Waals surface area contributed by atoms with Crippen LogP contribution in [0.25, 0.3) is 0 Å². The average Bonchev–Trinajstić information content (AvgIpc) is 2.64. The number of aliphatic hydroxyl groups is 1. The van der Waals surface area contributed by atoms with Gasteiger partial charge in [0.05, 0.1) is 12.2 Å². The van der Waals surface area contributed by atoms with E-state index in [0.29, 0.717) is 30.8 Å². The van der Waals surface area contributed by atoms with Gasteiger partial charge in [0.2, 0.25) is 0 Å². The molecule has 0 bridgehead atoms. The van der Waals surface area contributed by atoms with Gasteiger partial charge in [-0.3, -0.25) is 4.79 Å². The Labute approximate surface area is 165 Å². The normalized spacial score (nSPS) is 49.6. The van der Waals surface area contributed by atoms with Crippen LogP contribution in [0.2, 0.25) is 0 Å². The SMILES string of the molecule is CCOC[C@@]1(O)CC[C@H]2[C@@H](CC[C@@H]3[C@@H]2CC[C@]2(C)[C@@H](C(C)=O)CCC[C@@H]32)C1. The molecule has 0 amide bonds. The monoisotopic (exact) mass is 376 g/mol. The zero-order valence-corrected chi connectivity index (χ0v) is 17.7. The van der Waals surface area contributed by atoms with Crippen molar-refractivity contribution < 1.29 is 14.6 Å². The van der Waals surface area contributed by atoms with Crippen LogP contribution in [0.5, 0.6) is 0 Å². The van der Waals surface area contributed by atoms with Crippen LogP contribution in [-0.4, -0.2) is 29.7 Å². The van der Waals surface area contributed by atoms with E-state index in [9.17, 15) is 9.90 Å². The summed E-state index contributed by atoms with van der Waals surface area (Å²) in [7, 11) is 0. The molecule has 0 spiro atoms. The minimum Gasteiger partial charge on any atom is -0.387 e. The standard InChI is InChI=1S/C24H40O3/c1-4-27-15-24(26)13-11-18-17(14-24)8-9-20-19(18)10-12-23(3)21(16(2)25)6-5-7-22(20)23/h17-22,26H,4-15H2,1-3H3/t17-,18-,19+,20+,21+,22-,23+,24+/m0/s1. The molecule has 3 heteroatoms. The number of rotatable bonds is 4. The highest BCUT2D eigenvalue weighted by atomic mass is 16.5. The summed E-state index contributed by atoms with van der Waals surface area (Å²) in [5.41, 5.74) is -0.333. The number of Topliss-reactive ketones (excluding diaryl/α,β-unsaturated/α-hetero) is 1. The Hall–Kier alpha value is -0.410. The maximum atomic E-state index is 12.4. The maximum Gasteiger partial charge on any atom is 0.133 e. The van der Waals surface area contributed by atoms with E-state index in [2.05, 4.69) is 6.92 Å². The second kappa shape index (κ2) is 7.44. The molecule has 4 fully saturated rings. The molecule has 0 aromatic carbocycles. The molecule has 0 aromatic rings. The van der Waals surface area contributed by atoms with Gasteiger partial charge in [-0.15, -0.1) is 0 Å². The molecule has 0 aliphatic heterocycles. The van der Waals surface area contributed by atoms with Crippen LogP contribution in [0.4, 0.5) is 0 Å². The van der Waals surface area contributed by atoms with E-state index in [1.807, 2.05) is 13.8 Å². The zero-order chi connectivity index (χ0) is 19.2. The topological polar surface area (TPSA) is 46.5 Å². The molecule has 0 saturated heterocycles. The zero-order valence-electron chi connectivity index (χ0n) is 17.7. The van der Waals surface area contributed by atoms with Gasteiger partial charge in [0.1, 0.15) is 5.78 Å². The van der Waals surface area contributed by atoms with Gasteiger partial charge in [-0.25, -0.2) is 0 Å². The van der Waals surface area contributed by atoms with Gasteiger partial charge in [-0.1, -0.05) is 13.3 Å². The lowest BCUT2D eigenvalue weighted by atomic mass is 9.44. The first kappa shape index (κ1) is 19.9. The Morgan fingerprint density at radius 1 is 1.04 bits per heavy atom. The van der Waals surface area contributed by atoms with Crippen molar-refractivity contribution in [2.24, 2.45) is 40.9 Å². The van der Waals surface area contributed by atoms with Crippen molar-refractivity contribution in [3.8, 4) is 0 Å². The summed E-state index contributed by atoms with van der Waals surface area (Å²) in [5, 5.41) is 11.0. The average molecular weight is 377 g/mol. The predicted molar refractivity (Wildman–Crippen MR) is 107 cm³/mol. The van der Waals surface area contributed by atoms with E-state index >= 15 is 0 Å². The van der Waals surface area contributed by atoms with Crippen molar-refractivity contribution in [3.05, 3.63) is 0 Å². The molecule has 4 aliphatic carbocycles. The summed E-state index contributed by atoms with van der Waals surface area (Å²) in [6.45, 7) is 7.51. The smallest absolute Gasteiger partial charge is 0.133 e. The minimum absolute atomic E-state index is 0.252. The molecule has 4 saturated carbocycles. The molecule has 4 aliphatic rings. The van der Waals surface area contributed by atoms with Gasteiger partial charge in [0.25, 0.3) is 0 Å². The number of ketones is 1. The number of hydrogen-bond acceptors (Lipinski definition) is 3. The number of ether oxygens (including phenoxy) is 1. The van der Waals surface area contributed by atoms with Crippen molar-refractivity contribution in [3.63, 3.8) is 0 Å². The number of carbonyl (C=O) groups excluding carboxylic acids is 1. The van der Waals surface area contributed by atoms with Gasteiger partial charge in [-0.2, -0.15) is 0 Å². The number of carbonyl (C=O) groups is 1. The second-order valence-electron chi connectivity index (χ2n) is 10.7. The van der Waals surface area contributed by atoms with E-state index in [0.717, 1.165) is 42.9 Å². The molecule has 0 heterocycles. The molecule has 154 valence electrons. The predicted octanol–water partition coefficient (Wildman–Crippen LogP) is 5.00. The van der Waals surface area contributed by atoms with Crippen LogP contribution in [0.15, 0.2) is 0 Å². The molecule has 4 rings (SSSR count). The van der Waals surface area contributed by atoms with Crippen LogP contribution < -0.4 is 0 Å². The van der Waals surface area contributed by atoms with Crippen molar-refractivity contribution in [1.82, 2.24) is 0 Å². The maximum absolute atomic E-state index is 12.4. The Bertz CT molecular complexity index is 560. The first-order valence-corrected chi connectivity index (χ1v) is 11.7. The van der Waals surface area contributed by atoms with Crippen molar-refractivity contribution in [1.29, 1.82) is 0 Å². The molecule has 3 nitrogen and oxygen atoms in total. The first-order valence-electron chi connectivity index (χ1n) is 11.7. The van der Waals surface area contributed by atoms with Gasteiger partial charge < -0.3 is 9.84 Å². The highest BCUT2D eigenvalue weighted by molar-refractivity contribution is 5.79. The molecule has 0 unspecified atom stereocenters. The van der Waals surface area contributed by atoms with E-state index < -0.39 is 5.60 Å². The fourth-order valence-electron chi connectivity index (χ4n) is 8.25. The van der Waals surface area contributed by atoms with Crippen LogP contribution in [0.1, 0.15) is 85.0 Å². The van der Waals surface area contributed by atoms with E-state index in [-0.39, 0.29) is 5.41 Å². The van der Waals surface area contributed by atoms with Gasteiger partial charge in [0.15, 0.2) is 0 Å². The second-order valence-corrected chi connectivity index (χ2v) is 10.7. The van der Waals surface area contributed by atoms with E-state index in [4.69, 9.17) is 4.74 Å². The molecule has 1 N–H and O–H groups in total. The minimum atomic E-state index is -0.586. The molecule has 8 atom stereocenters. The molecule has 27 heavy (non-hydrogen) atoms. The van der Waals surface area contributed by atoms with Crippen LogP contribution >= 0.6 is 0 Å². The summed E-state index contributed by atoms with van der Waals surface area (Å²) < 4.78 is 5.60. The lowest BCUT2D eigenvalue weighted by molar-refractivity contribution is -0.152. The fourth-order valence-corrected chi connectivity index (χ4v) is 8.25. The largest absolute Gasteiger partial charge is 0.387 e. The summed E-state index contributed by atoms with van der Waals surface area (Å²) in [5.74, 6) is 4.64. The molecule has 0 radical (unpaired) electrons. The first-order chi connectivity index (χ1) is 12.9. The van der Waals surface area contributed by atoms with Gasteiger partial charge >= 0.3 is 0 Å². The Kier molecular flexibility index (Phi) is 5.48. The highest BCUT2D eigenvalue weighted by Gasteiger charge is 2.57. The summed E-state index contributed by atoms with van der Waals surface area (Å²) >= 11 is 0.